The Hall–Kier alpha value is -1.58. The van der Waals surface area contributed by atoms with Crippen LogP contribution in [0.3, 0.4) is 0 Å². The molecule has 0 atom stereocenters. The molecule has 0 amide bonds. The Bertz CT molecular complexity index is 335. The average molecular weight is 238 g/mol. The summed E-state index contributed by atoms with van der Waals surface area (Å²) in [7, 11) is 0. The van der Waals surface area contributed by atoms with Crippen LogP contribution in [0.4, 0.5) is 0 Å². The van der Waals surface area contributed by atoms with Crippen LogP contribution < -0.4 is 0 Å². The van der Waals surface area contributed by atoms with Gasteiger partial charge in [-0.3, -0.25) is 0 Å². The van der Waals surface area contributed by atoms with E-state index in [4.69, 9.17) is 10.2 Å². The van der Waals surface area contributed by atoms with Gasteiger partial charge in [-0.15, -0.1) is 0 Å². The molecule has 0 spiro atoms. The van der Waals surface area contributed by atoms with E-state index in [0.717, 1.165) is 18.9 Å². The standard InChI is InChI=1S/C13H18O4/c14-12(15)9-11(13(16)17)8-4-7-10-5-2-1-3-6-10/h4,7,9-10H,1-3,5-6,8H2,(H,14,15)(H,16,17). The van der Waals surface area contributed by atoms with Crippen LogP contribution in [-0.4, -0.2) is 22.2 Å². The van der Waals surface area contributed by atoms with E-state index in [9.17, 15) is 9.59 Å². The average Bonchev–Trinajstić information content (AvgIpc) is 2.28. The minimum Gasteiger partial charge on any atom is -0.478 e. The minimum absolute atomic E-state index is 0.0791. The molecule has 17 heavy (non-hydrogen) atoms. The van der Waals surface area contributed by atoms with E-state index in [1.807, 2.05) is 6.08 Å². The summed E-state index contributed by atoms with van der Waals surface area (Å²) in [4.78, 5) is 21.2. The molecule has 1 rings (SSSR count). The quantitative estimate of drug-likeness (QED) is 0.570. The van der Waals surface area contributed by atoms with Crippen molar-refractivity contribution < 1.29 is 19.8 Å². The number of carbonyl (C=O) groups is 2. The van der Waals surface area contributed by atoms with E-state index >= 15 is 0 Å². The first-order valence-electron chi connectivity index (χ1n) is 5.93. The van der Waals surface area contributed by atoms with Gasteiger partial charge in [-0.2, -0.15) is 0 Å². The van der Waals surface area contributed by atoms with Crippen molar-refractivity contribution in [1.29, 1.82) is 0 Å². The minimum atomic E-state index is -1.21. The summed E-state index contributed by atoms with van der Waals surface area (Å²) < 4.78 is 0. The van der Waals surface area contributed by atoms with Crippen molar-refractivity contribution in [3.8, 4) is 0 Å². The lowest BCUT2D eigenvalue weighted by atomic mass is 9.89. The largest absolute Gasteiger partial charge is 0.478 e. The lowest BCUT2D eigenvalue weighted by Crippen LogP contribution is -2.04. The molecule has 0 unspecified atom stereocenters. The number of carboxylic acids is 2. The van der Waals surface area contributed by atoms with Gasteiger partial charge in [-0.25, -0.2) is 9.59 Å². The van der Waals surface area contributed by atoms with Crippen molar-refractivity contribution in [3.63, 3.8) is 0 Å². The van der Waals surface area contributed by atoms with Gasteiger partial charge < -0.3 is 10.2 Å². The molecule has 0 radical (unpaired) electrons. The van der Waals surface area contributed by atoms with Crippen LogP contribution in [0.25, 0.3) is 0 Å². The zero-order valence-corrected chi connectivity index (χ0v) is 9.76. The van der Waals surface area contributed by atoms with Crippen molar-refractivity contribution in [2.24, 2.45) is 5.92 Å². The number of carboxylic acid groups (broad SMARTS) is 2. The van der Waals surface area contributed by atoms with Crippen LogP contribution in [0.5, 0.6) is 0 Å². The molecule has 1 fully saturated rings. The predicted octanol–water partition coefficient (Wildman–Crippen LogP) is 2.61. The highest BCUT2D eigenvalue weighted by Gasteiger charge is 2.11. The maximum atomic E-state index is 10.8. The molecule has 94 valence electrons. The van der Waals surface area contributed by atoms with Gasteiger partial charge in [-0.05, 0) is 25.2 Å². The third-order valence-electron chi connectivity index (χ3n) is 2.97. The SMILES string of the molecule is O=C(O)C=C(CC=CC1CCCCC1)C(=O)O. The van der Waals surface area contributed by atoms with Gasteiger partial charge in [-0.1, -0.05) is 31.4 Å². The van der Waals surface area contributed by atoms with Gasteiger partial charge in [0.25, 0.3) is 0 Å². The molecule has 2 N–H and O–H groups in total. The normalized spacial score (nSPS) is 18.5. The van der Waals surface area contributed by atoms with Crippen LogP contribution in [0, 0.1) is 5.92 Å². The van der Waals surface area contributed by atoms with E-state index in [2.05, 4.69) is 0 Å². The Morgan fingerprint density at radius 3 is 2.29 bits per heavy atom. The molecule has 0 aromatic rings. The Morgan fingerprint density at radius 1 is 1.12 bits per heavy atom. The summed E-state index contributed by atoms with van der Waals surface area (Å²) in [5, 5.41) is 17.3. The summed E-state index contributed by atoms with van der Waals surface area (Å²) in [6.45, 7) is 0. The van der Waals surface area contributed by atoms with Crippen LogP contribution >= 0.6 is 0 Å². The maximum Gasteiger partial charge on any atom is 0.332 e. The first-order chi connectivity index (χ1) is 8.09. The third-order valence-corrected chi connectivity index (χ3v) is 2.97. The molecule has 0 aromatic heterocycles. The van der Waals surface area contributed by atoms with E-state index in [0.29, 0.717) is 5.92 Å². The van der Waals surface area contributed by atoms with Crippen LogP contribution in [-0.2, 0) is 9.59 Å². The van der Waals surface area contributed by atoms with Crippen molar-refractivity contribution in [2.75, 3.05) is 0 Å². The molecule has 1 saturated carbocycles. The topological polar surface area (TPSA) is 74.6 Å². The van der Waals surface area contributed by atoms with Crippen LogP contribution in [0.15, 0.2) is 23.8 Å². The fourth-order valence-corrected chi connectivity index (χ4v) is 2.07. The molecular weight excluding hydrogens is 220 g/mol. The van der Waals surface area contributed by atoms with Gasteiger partial charge in [0.05, 0.1) is 0 Å². The van der Waals surface area contributed by atoms with E-state index in [1.54, 1.807) is 6.08 Å². The summed E-state index contributed by atoms with van der Waals surface area (Å²) >= 11 is 0. The summed E-state index contributed by atoms with van der Waals surface area (Å²) in [5.74, 6) is -1.85. The summed E-state index contributed by atoms with van der Waals surface area (Å²) in [6, 6.07) is 0. The summed E-state index contributed by atoms with van der Waals surface area (Å²) in [6.07, 6.45) is 10.8. The van der Waals surface area contributed by atoms with Gasteiger partial charge in [0.15, 0.2) is 0 Å². The van der Waals surface area contributed by atoms with Crippen molar-refractivity contribution in [3.05, 3.63) is 23.8 Å². The van der Waals surface area contributed by atoms with E-state index < -0.39 is 11.9 Å². The zero-order valence-electron chi connectivity index (χ0n) is 9.76. The third kappa shape index (κ3) is 5.33. The molecule has 4 nitrogen and oxygen atoms in total. The number of rotatable bonds is 5. The van der Waals surface area contributed by atoms with Gasteiger partial charge in [0.2, 0.25) is 0 Å². The Kier molecular flexibility index (Phi) is 5.46. The van der Waals surface area contributed by atoms with Crippen molar-refractivity contribution in [2.45, 2.75) is 38.5 Å². The van der Waals surface area contributed by atoms with Crippen molar-refractivity contribution in [1.82, 2.24) is 0 Å². The van der Waals surface area contributed by atoms with Gasteiger partial charge in [0, 0.05) is 11.6 Å². The number of hydrogen-bond acceptors (Lipinski definition) is 2. The highest BCUT2D eigenvalue weighted by molar-refractivity contribution is 5.94. The predicted molar refractivity (Wildman–Crippen MR) is 63.7 cm³/mol. The monoisotopic (exact) mass is 238 g/mol. The lowest BCUT2D eigenvalue weighted by molar-refractivity contribution is -0.135. The maximum absolute atomic E-state index is 10.8. The second-order valence-corrected chi connectivity index (χ2v) is 4.34. The second kappa shape index (κ2) is 6.89. The first-order valence-corrected chi connectivity index (χ1v) is 5.93. The molecule has 0 aromatic carbocycles. The Balaban J connectivity index is 2.48. The highest BCUT2D eigenvalue weighted by Crippen LogP contribution is 2.24. The fraction of sp³-hybridized carbons (Fsp3) is 0.538. The molecular formula is C13H18O4. The van der Waals surface area contributed by atoms with Gasteiger partial charge >= 0.3 is 11.9 Å². The lowest BCUT2D eigenvalue weighted by Gasteiger charge is -2.17. The molecule has 0 bridgehead atoms. The second-order valence-electron chi connectivity index (χ2n) is 4.34. The van der Waals surface area contributed by atoms with Crippen LogP contribution in [0.2, 0.25) is 0 Å². The first kappa shape index (κ1) is 13.5. The number of hydrogen-bond donors (Lipinski definition) is 2. The Labute approximate surface area is 101 Å². The van der Waals surface area contributed by atoms with Crippen molar-refractivity contribution >= 4 is 11.9 Å². The molecule has 1 aliphatic rings. The molecule has 0 saturated heterocycles. The molecule has 0 heterocycles. The fourth-order valence-electron chi connectivity index (χ4n) is 2.07. The smallest absolute Gasteiger partial charge is 0.332 e. The summed E-state index contributed by atoms with van der Waals surface area (Å²) in [5.41, 5.74) is -0.0791. The molecule has 0 aliphatic heterocycles. The molecule has 1 aliphatic carbocycles. The van der Waals surface area contributed by atoms with E-state index in [1.165, 1.54) is 19.3 Å². The molecule has 4 heteroatoms. The highest BCUT2D eigenvalue weighted by atomic mass is 16.4. The zero-order chi connectivity index (χ0) is 12.7. The van der Waals surface area contributed by atoms with Crippen LogP contribution in [0.1, 0.15) is 38.5 Å². The number of allylic oxidation sites excluding steroid dienone is 2. The Morgan fingerprint density at radius 2 is 1.76 bits per heavy atom. The number of aliphatic carboxylic acids is 2. The van der Waals surface area contributed by atoms with E-state index in [-0.39, 0.29) is 12.0 Å². The van der Waals surface area contributed by atoms with Gasteiger partial charge in [0.1, 0.15) is 0 Å².